The monoisotopic (exact) mass is 408 g/mol. The molecule has 2 saturated heterocycles. The van der Waals surface area contributed by atoms with Crippen molar-refractivity contribution in [3.63, 3.8) is 0 Å². The van der Waals surface area contributed by atoms with Crippen LogP contribution in [0.1, 0.15) is 37.3 Å². The first kappa shape index (κ1) is 19.2. The number of nitrogens with zero attached hydrogens (tertiary/aromatic N) is 3. The van der Waals surface area contributed by atoms with Gasteiger partial charge in [0, 0.05) is 37.2 Å². The molecule has 2 aliphatic rings. The normalized spacial score (nSPS) is 19.5. The van der Waals surface area contributed by atoms with Gasteiger partial charge < -0.3 is 14.3 Å². The number of H-pyrrole nitrogens is 1. The number of furan rings is 1. The number of aromatic nitrogens is 2. The van der Waals surface area contributed by atoms with E-state index in [-0.39, 0.29) is 17.6 Å². The third-order valence-corrected chi connectivity index (χ3v) is 6.69. The minimum atomic E-state index is -0.0500. The van der Waals surface area contributed by atoms with Crippen LogP contribution in [0, 0.1) is 5.92 Å². The van der Waals surface area contributed by atoms with Crippen LogP contribution >= 0.6 is 0 Å². The van der Waals surface area contributed by atoms with Crippen LogP contribution in [0.25, 0.3) is 11.0 Å². The van der Waals surface area contributed by atoms with Crippen LogP contribution in [0.2, 0.25) is 0 Å². The quantitative estimate of drug-likeness (QED) is 0.720. The molecule has 0 radical (unpaired) electrons. The number of hydrogen-bond acceptors (Lipinski definition) is 4. The van der Waals surface area contributed by atoms with Crippen LogP contribution in [0.4, 0.5) is 0 Å². The molecule has 2 fully saturated rings. The predicted molar refractivity (Wildman–Crippen MR) is 114 cm³/mol. The second-order valence-corrected chi connectivity index (χ2v) is 8.56. The Hall–Kier alpha value is -2.80. The molecule has 0 unspecified atom stereocenters. The van der Waals surface area contributed by atoms with E-state index < -0.39 is 0 Å². The largest absolute Gasteiger partial charge is 0.472 e. The van der Waals surface area contributed by atoms with E-state index in [4.69, 9.17) is 4.42 Å². The Kier molecular flexibility index (Phi) is 5.21. The maximum atomic E-state index is 13.1. The van der Waals surface area contributed by atoms with Crippen molar-refractivity contribution in [2.75, 3.05) is 26.2 Å². The number of carbonyl (C=O) groups excluding carboxylic acids is 1. The van der Waals surface area contributed by atoms with E-state index in [1.807, 2.05) is 39.8 Å². The SMILES string of the molecule is O=C(C1CCN(Cc2ccoc2)CC1)N1CCC(n2c(=O)[nH]c3ccccc32)CC1. The number of benzene rings is 1. The molecular formula is C23H28N4O3. The van der Waals surface area contributed by atoms with E-state index in [0.29, 0.717) is 5.91 Å². The maximum absolute atomic E-state index is 13.1. The molecule has 0 spiro atoms. The summed E-state index contributed by atoms with van der Waals surface area (Å²) in [4.78, 5) is 32.9. The summed E-state index contributed by atoms with van der Waals surface area (Å²) >= 11 is 0. The molecule has 1 N–H and O–H groups in total. The van der Waals surface area contributed by atoms with Crippen LogP contribution in [0.3, 0.4) is 0 Å². The molecule has 7 nitrogen and oxygen atoms in total. The summed E-state index contributed by atoms with van der Waals surface area (Å²) < 4.78 is 7.03. The van der Waals surface area contributed by atoms with Gasteiger partial charge in [0.1, 0.15) is 0 Å². The molecule has 0 bridgehead atoms. The van der Waals surface area contributed by atoms with Crippen molar-refractivity contribution in [3.05, 3.63) is 58.9 Å². The number of fused-ring (bicyclic) bond motifs is 1. The standard InChI is InChI=1S/C23H28N4O3/c28-22(18-5-10-25(11-6-18)15-17-9-14-30-16-17)26-12-7-19(8-13-26)27-21-4-2-1-3-20(21)24-23(27)29/h1-4,9,14,16,18-19H,5-8,10-13,15H2,(H,24,29). The lowest BCUT2D eigenvalue weighted by atomic mass is 9.93. The van der Waals surface area contributed by atoms with Crippen molar-refractivity contribution in [1.29, 1.82) is 0 Å². The summed E-state index contributed by atoms with van der Waals surface area (Å²) in [6, 6.07) is 9.97. The summed E-state index contributed by atoms with van der Waals surface area (Å²) in [7, 11) is 0. The molecule has 1 aromatic carbocycles. The van der Waals surface area contributed by atoms with Gasteiger partial charge in [-0.15, -0.1) is 0 Å². The van der Waals surface area contributed by atoms with Crippen LogP contribution in [0.15, 0.2) is 52.1 Å². The lowest BCUT2D eigenvalue weighted by molar-refractivity contribution is -0.138. The van der Waals surface area contributed by atoms with Crippen LogP contribution in [-0.2, 0) is 11.3 Å². The first-order chi connectivity index (χ1) is 14.7. The van der Waals surface area contributed by atoms with Gasteiger partial charge in [-0.05, 0) is 57.0 Å². The fourth-order valence-electron chi connectivity index (χ4n) is 5.02. The molecule has 3 aromatic rings. The van der Waals surface area contributed by atoms with Crippen LogP contribution < -0.4 is 5.69 Å². The molecule has 2 aliphatic heterocycles. The molecule has 5 rings (SSSR count). The van der Waals surface area contributed by atoms with Crippen molar-refractivity contribution in [2.24, 2.45) is 5.92 Å². The number of carbonyl (C=O) groups is 1. The molecule has 2 aromatic heterocycles. The molecule has 158 valence electrons. The smallest absolute Gasteiger partial charge is 0.326 e. The highest BCUT2D eigenvalue weighted by Gasteiger charge is 2.32. The van der Waals surface area contributed by atoms with E-state index in [9.17, 15) is 9.59 Å². The molecule has 7 heteroatoms. The summed E-state index contributed by atoms with van der Waals surface area (Å²) in [5.41, 5.74) is 2.97. The molecule has 0 atom stereocenters. The Morgan fingerprint density at radius 3 is 2.53 bits per heavy atom. The van der Waals surface area contributed by atoms with Crippen LogP contribution in [-0.4, -0.2) is 51.4 Å². The Labute approximate surface area is 175 Å². The maximum Gasteiger partial charge on any atom is 0.326 e. The minimum Gasteiger partial charge on any atom is -0.472 e. The number of imidazole rings is 1. The number of hydrogen-bond donors (Lipinski definition) is 1. The number of likely N-dealkylation sites (tertiary alicyclic amines) is 2. The highest BCUT2D eigenvalue weighted by atomic mass is 16.3. The number of nitrogens with one attached hydrogen (secondary N) is 1. The van der Waals surface area contributed by atoms with Gasteiger partial charge in [-0.2, -0.15) is 0 Å². The van der Waals surface area contributed by atoms with Gasteiger partial charge in [-0.25, -0.2) is 4.79 Å². The second kappa shape index (κ2) is 8.14. The topological polar surface area (TPSA) is 74.5 Å². The van der Waals surface area contributed by atoms with E-state index >= 15 is 0 Å². The number of aromatic amines is 1. The lowest BCUT2D eigenvalue weighted by Crippen LogP contribution is -2.46. The Bertz CT molecular complexity index is 1050. The van der Waals surface area contributed by atoms with Gasteiger partial charge in [0.05, 0.1) is 23.6 Å². The third-order valence-electron chi connectivity index (χ3n) is 6.69. The molecule has 30 heavy (non-hydrogen) atoms. The summed E-state index contributed by atoms with van der Waals surface area (Å²) in [6.07, 6.45) is 6.98. The van der Waals surface area contributed by atoms with Gasteiger partial charge in [0.25, 0.3) is 0 Å². The number of para-hydroxylation sites is 2. The molecular weight excluding hydrogens is 380 g/mol. The molecule has 0 saturated carbocycles. The van der Waals surface area contributed by atoms with Crippen molar-refractivity contribution < 1.29 is 9.21 Å². The zero-order valence-corrected chi connectivity index (χ0v) is 17.1. The summed E-state index contributed by atoms with van der Waals surface area (Å²) in [6.45, 7) is 4.24. The Morgan fingerprint density at radius 1 is 1.03 bits per heavy atom. The average molecular weight is 409 g/mol. The van der Waals surface area contributed by atoms with Crippen molar-refractivity contribution in [1.82, 2.24) is 19.4 Å². The van der Waals surface area contributed by atoms with E-state index in [1.54, 1.807) is 12.5 Å². The van der Waals surface area contributed by atoms with E-state index in [0.717, 1.165) is 69.4 Å². The number of amides is 1. The number of rotatable bonds is 4. The van der Waals surface area contributed by atoms with Crippen molar-refractivity contribution in [2.45, 2.75) is 38.3 Å². The Morgan fingerprint density at radius 2 is 1.80 bits per heavy atom. The van der Waals surface area contributed by atoms with Crippen LogP contribution in [0.5, 0.6) is 0 Å². The molecule has 1 amide bonds. The highest BCUT2D eigenvalue weighted by molar-refractivity contribution is 5.79. The number of piperidine rings is 2. The fourth-order valence-corrected chi connectivity index (χ4v) is 5.02. The Balaban J connectivity index is 1.16. The second-order valence-electron chi connectivity index (χ2n) is 8.56. The zero-order chi connectivity index (χ0) is 20.5. The first-order valence-electron chi connectivity index (χ1n) is 10.9. The first-order valence-corrected chi connectivity index (χ1v) is 10.9. The van der Waals surface area contributed by atoms with Gasteiger partial charge in [0.15, 0.2) is 0 Å². The van der Waals surface area contributed by atoms with Gasteiger partial charge in [0.2, 0.25) is 5.91 Å². The minimum absolute atomic E-state index is 0.0500. The summed E-state index contributed by atoms with van der Waals surface area (Å²) in [5.74, 6) is 0.417. The van der Waals surface area contributed by atoms with Crippen molar-refractivity contribution >= 4 is 16.9 Å². The summed E-state index contributed by atoms with van der Waals surface area (Å²) in [5, 5.41) is 0. The predicted octanol–water partition coefficient (Wildman–Crippen LogP) is 3.00. The molecule has 4 heterocycles. The highest BCUT2D eigenvalue weighted by Crippen LogP contribution is 2.28. The molecule has 0 aliphatic carbocycles. The zero-order valence-electron chi connectivity index (χ0n) is 17.1. The third kappa shape index (κ3) is 3.69. The fraction of sp³-hybridized carbons (Fsp3) is 0.478. The lowest BCUT2D eigenvalue weighted by Gasteiger charge is -2.37. The van der Waals surface area contributed by atoms with Gasteiger partial charge in [-0.1, -0.05) is 12.1 Å². The van der Waals surface area contributed by atoms with Gasteiger partial charge in [-0.3, -0.25) is 14.3 Å². The van der Waals surface area contributed by atoms with Gasteiger partial charge >= 0.3 is 5.69 Å². The average Bonchev–Trinajstić information content (AvgIpc) is 3.40. The van der Waals surface area contributed by atoms with Crippen molar-refractivity contribution in [3.8, 4) is 0 Å². The van der Waals surface area contributed by atoms with E-state index in [1.165, 1.54) is 5.56 Å². The van der Waals surface area contributed by atoms with E-state index in [2.05, 4.69) is 9.88 Å².